The van der Waals surface area contributed by atoms with Gasteiger partial charge in [0.2, 0.25) is 0 Å². The summed E-state index contributed by atoms with van der Waals surface area (Å²) >= 11 is 0. The van der Waals surface area contributed by atoms with Crippen LogP contribution in [0.15, 0.2) is 0 Å². The molecule has 0 bridgehead atoms. The van der Waals surface area contributed by atoms with Crippen LogP contribution in [0.3, 0.4) is 0 Å². The van der Waals surface area contributed by atoms with Crippen LogP contribution >= 0.6 is 0 Å². The third-order valence-corrected chi connectivity index (χ3v) is 4.54. The topological polar surface area (TPSA) is 70.5 Å². The number of aromatic nitrogens is 2. The Morgan fingerprint density at radius 1 is 1.48 bits per heavy atom. The monoisotopic (exact) mass is 295 g/mol. The van der Waals surface area contributed by atoms with E-state index in [2.05, 4.69) is 29.0 Å². The summed E-state index contributed by atoms with van der Waals surface area (Å²) < 4.78 is 1.82. The number of anilines is 1. The number of hydrogen-bond acceptors (Lipinski definition) is 5. The van der Waals surface area contributed by atoms with Gasteiger partial charge in [0.1, 0.15) is 0 Å². The lowest BCUT2D eigenvalue weighted by Gasteiger charge is -2.36. The van der Waals surface area contributed by atoms with Gasteiger partial charge in [-0.1, -0.05) is 0 Å². The van der Waals surface area contributed by atoms with E-state index < -0.39 is 6.10 Å². The fourth-order valence-electron chi connectivity index (χ4n) is 3.13. The van der Waals surface area contributed by atoms with E-state index in [0.29, 0.717) is 19.1 Å². The number of nitrogens with two attached hydrogens (primary N) is 1. The second-order valence-electron chi connectivity index (χ2n) is 6.42. The van der Waals surface area contributed by atoms with E-state index in [0.717, 1.165) is 23.6 Å². The molecule has 1 aliphatic rings. The molecule has 6 nitrogen and oxygen atoms in total. The maximum absolute atomic E-state index is 10.3. The molecule has 2 rings (SSSR count). The Bertz CT molecular complexity index is 473. The van der Waals surface area contributed by atoms with Crippen LogP contribution < -0.4 is 5.73 Å². The minimum atomic E-state index is -0.431. The summed E-state index contributed by atoms with van der Waals surface area (Å²) in [6.07, 6.45) is 2.01. The van der Waals surface area contributed by atoms with Crippen molar-refractivity contribution < 1.29 is 5.11 Å². The fourth-order valence-corrected chi connectivity index (χ4v) is 3.13. The van der Waals surface area contributed by atoms with Crippen molar-refractivity contribution in [3.8, 4) is 0 Å². The zero-order valence-corrected chi connectivity index (χ0v) is 13.7. The molecule has 1 aromatic rings. The average molecular weight is 295 g/mol. The predicted octanol–water partition coefficient (Wildman–Crippen LogP) is 0.469. The molecule has 0 amide bonds. The SMILES string of the molecule is Cc1nn(CC(O)CN(C)C2CCCN(C)C2)c(C)c1N. The highest BCUT2D eigenvalue weighted by Gasteiger charge is 2.23. The summed E-state index contributed by atoms with van der Waals surface area (Å²) in [6.45, 7) is 7.26. The molecule has 2 heterocycles. The number of aliphatic hydroxyl groups excluding tert-OH is 1. The molecule has 0 aromatic carbocycles. The van der Waals surface area contributed by atoms with Crippen molar-refractivity contribution in [2.45, 2.75) is 45.4 Å². The highest BCUT2D eigenvalue weighted by Crippen LogP contribution is 2.16. The normalized spacial score (nSPS) is 21.9. The van der Waals surface area contributed by atoms with Crippen LogP contribution in [0.4, 0.5) is 5.69 Å². The molecule has 21 heavy (non-hydrogen) atoms. The predicted molar refractivity (Wildman–Crippen MR) is 85.3 cm³/mol. The zero-order chi connectivity index (χ0) is 15.6. The fraction of sp³-hybridized carbons (Fsp3) is 0.800. The lowest BCUT2D eigenvalue weighted by atomic mass is 10.0. The number of aliphatic hydroxyl groups is 1. The molecular formula is C15H29N5O. The van der Waals surface area contributed by atoms with E-state index >= 15 is 0 Å². The van der Waals surface area contributed by atoms with Crippen LogP contribution in [0.1, 0.15) is 24.2 Å². The van der Waals surface area contributed by atoms with Gasteiger partial charge >= 0.3 is 0 Å². The molecule has 2 atom stereocenters. The number of nitrogens with zero attached hydrogens (tertiary/aromatic N) is 4. The first-order valence-electron chi connectivity index (χ1n) is 7.74. The minimum absolute atomic E-state index is 0.431. The van der Waals surface area contributed by atoms with Gasteiger partial charge in [0, 0.05) is 19.1 Å². The molecule has 1 aliphatic heterocycles. The van der Waals surface area contributed by atoms with Gasteiger partial charge < -0.3 is 15.7 Å². The van der Waals surface area contributed by atoms with Gasteiger partial charge in [-0.2, -0.15) is 5.10 Å². The van der Waals surface area contributed by atoms with Crippen LogP contribution in [-0.2, 0) is 6.54 Å². The Balaban J connectivity index is 1.88. The largest absolute Gasteiger partial charge is 0.396 e. The molecule has 120 valence electrons. The van der Waals surface area contributed by atoms with E-state index in [1.807, 2.05) is 18.5 Å². The molecule has 0 saturated carbocycles. The number of rotatable bonds is 5. The van der Waals surface area contributed by atoms with Crippen molar-refractivity contribution in [1.29, 1.82) is 0 Å². The Morgan fingerprint density at radius 3 is 2.76 bits per heavy atom. The summed E-state index contributed by atoms with van der Waals surface area (Å²) in [7, 11) is 4.26. The van der Waals surface area contributed by atoms with Gasteiger partial charge in [-0.05, 0) is 47.3 Å². The van der Waals surface area contributed by atoms with Crippen LogP contribution in [0.5, 0.6) is 0 Å². The molecule has 0 aliphatic carbocycles. The number of piperidine rings is 1. The van der Waals surface area contributed by atoms with Crippen LogP contribution in [0, 0.1) is 13.8 Å². The molecule has 1 aromatic heterocycles. The maximum atomic E-state index is 10.3. The van der Waals surface area contributed by atoms with Crippen molar-refractivity contribution in [2.24, 2.45) is 0 Å². The first kappa shape index (κ1) is 16.3. The first-order valence-corrected chi connectivity index (χ1v) is 7.74. The molecule has 0 radical (unpaired) electrons. The van der Waals surface area contributed by atoms with Crippen LogP contribution in [-0.4, -0.2) is 70.6 Å². The van der Waals surface area contributed by atoms with E-state index in [4.69, 9.17) is 5.73 Å². The lowest BCUT2D eigenvalue weighted by molar-refractivity contribution is 0.0636. The molecular weight excluding hydrogens is 266 g/mol. The quantitative estimate of drug-likeness (QED) is 0.826. The van der Waals surface area contributed by atoms with E-state index in [1.165, 1.54) is 19.4 Å². The Labute approximate surface area is 127 Å². The average Bonchev–Trinajstić information content (AvgIpc) is 2.66. The summed E-state index contributed by atoms with van der Waals surface area (Å²) in [6, 6.07) is 0.531. The number of likely N-dealkylation sites (tertiary alicyclic amines) is 1. The molecule has 3 N–H and O–H groups in total. The smallest absolute Gasteiger partial charge is 0.0862 e. The van der Waals surface area contributed by atoms with Crippen LogP contribution in [0.25, 0.3) is 0 Å². The van der Waals surface area contributed by atoms with E-state index in [-0.39, 0.29) is 0 Å². The molecule has 1 fully saturated rings. The van der Waals surface area contributed by atoms with Gasteiger partial charge in [0.15, 0.2) is 0 Å². The molecule has 1 saturated heterocycles. The van der Waals surface area contributed by atoms with Crippen LogP contribution in [0.2, 0.25) is 0 Å². The molecule has 6 heteroatoms. The highest BCUT2D eigenvalue weighted by molar-refractivity contribution is 5.46. The number of aryl methyl sites for hydroxylation is 1. The molecule has 2 unspecified atom stereocenters. The number of nitrogen functional groups attached to an aromatic ring is 1. The van der Waals surface area contributed by atoms with Crippen molar-refractivity contribution in [3.05, 3.63) is 11.4 Å². The number of likely N-dealkylation sites (N-methyl/N-ethyl adjacent to an activating group) is 2. The highest BCUT2D eigenvalue weighted by atomic mass is 16.3. The standard InChI is InChI=1S/C15H29N5O/c1-11-15(16)12(2)20(17-11)10-14(21)9-19(4)13-6-5-7-18(3)8-13/h13-14,21H,5-10,16H2,1-4H3. The second kappa shape index (κ2) is 6.77. The minimum Gasteiger partial charge on any atom is -0.396 e. The number of hydrogen-bond donors (Lipinski definition) is 2. The van der Waals surface area contributed by atoms with Crippen molar-refractivity contribution in [1.82, 2.24) is 19.6 Å². The van der Waals surface area contributed by atoms with E-state index in [1.54, 1.807) is 0 Å². The molecule has 0 spiro atoms. The van der Waals surface area contributed by atoms with Gasteiger partial charge in [-0.15, -0.1) is 0 Å². The van der Waals surface area contributed by atoms with Gasteiger partial charge in [-0.3, -0.25) is 9.58 Å². The van der Waals surface area contributed by atoms with Gasteiger partial charge in [0.05, 0.1) is 29.7 Å². The lowest BCUT2D eigenvalue weighted by Crippen LogP contribution is -2.47. The van der Waals surface area contributed by atoms with Crippen molar-refractivity contribution >= 4 is 5.69 Å². The van der Waals surface area contributed by atoms with Gasteiger partial charge in [0.25, 0.3) is 0 Å². The Kier molecular flexibility index (Phi) is 5.24. The first-order chi connectivity index (χ1) is 9.88. The van der Waals surface area contributed by atoms with Gasteiger partial charge in [-0.25, -0.2) is 0 Å². The Hall–Kier alpha value is -1.11. The summed E-state index contributed by atoms with van der Waals surface area (Å²) in [5.41, 5.74) is 8.43. The van der Waals surface area contributed by atoms with Crippen molar-refractivity contribution in [3.63, 3.8) is 0 Å². The van der Waals surface area contributed by atoms with E-state index in [9.17, 15) is 5.11 Å². The zero-order valence-electron chi connectivity index (χ0n) is 13.7. The summed E-state index contributed by atoms with van der Waals surface area (Å²) in [5, 5.41) is 14.7. The Morgan fingerprint density at radius 2 is 2.19 bits per heavy atom. The third-order valence-electron chi connectivity index (χ3n) is 4.54. The summed E-state index contributed by atoms with van der Waals surface area (Å²) in [4.78, 5) is 4.63. The third kappa shape index (κ3) is 3.96. The summed E-state index contributed by atoms with van der Waals surface area (Å²) in [5.74, 6) is 0. The maximum Gasteiger partial charge on any atom is 0.0862 e. The second-order valence-corrected chi connectivity index (χ2v) is 6.42. The van der Waals surface area contributed by atoms with Crippen molar-refractivity contribution in [2.75, 3.05) is 39.5 Å².